The molecule has 0 spiro atoms. The monoisotopic (exact) mass is 374 g/mol. The number of ether oxygens (including phenoxy) is 1. The molecule has 1 aliphatic heterocycles. The molecule has 4 rings (SSSR count). The Morgan fingerprint density at radius 3 is 2.68 bits per heavy atom. The number of nitrogens with two attached hydrogens (primary N) is 1. The van der Waals surface area contributed by atoms with Gasteiger partial charge in [-0.05, 0) is 55.7 Å². The van der Waals surface area contributed by atoms with E-state index in [0.717, 1.165) is 54.1 Å². The summed E-state index contributed by atoms with van der Waals surface area (Å²) in [5, 5.41) is 13.4. The molecule has 7 heteroatoms. The van der Waals surface area contributed by atoms with Crippen molar-refractivity contribution >= 4 is 34.0 Å². The molecule has 142 valence electrons. The number of piperidine rings is 1. The second kappa shape index (κ2) is 7.61. The second-order valence-corrected chi connectivity index (χ2v) is 6.84. The van der Waals surface area contributed by atoms with Crippen molar-refractivity contribution in [3.63, 3.8) is 0 Å². The summed E-state index contributed by atoms with van der Waals surface area (Å²) in [7, 11) is 1.66. The van der Waals surface area contributed by atoms with E-state index in [-0.39, 0.29) is 0 Å². The number of nitrogens with zero attached hydrogens (tertiary/aromatic N) is 4. The molecule has 1 aliphatic rings. The van der Waals surface area contributed by atoms with Crippen LogP contribution >= 0.6 is 0 Å². The average Bonchev–Trinajstić information content (AvgIpc) is 2.74. The SMILES string of the molecule is COc1ccc2nc(Nc3ccc(N)c(C#N)c3)nc(N3CCCCC3)c2c1. The van der Waals surface area contributed by atoms with Gasteiger partial charge in [0, 0.05) is 29.9 Å². The minimum atomic E-state index is 0.423. The molecule has 3 N–H and O–H groups in total. The number of anilines is 4. The number of methoxy groups -OCH3 is 1. The molecular formula is C21H22N6O. The highest BCUT2D eigenvalue weighted by atomic mass is 16.5. The van der Waals surface area contributed by atoms with Gasteiger partial charge in [-0.2, -0.15) is 10.2 Å². The predicted molar refractivity (Wildman–Crippen MR) is 111 cm³/mol. The van der Waals surface area contributed by atoms with Crippen molar-refractivity contribution in [3.05, 3.63) is 42.0 Å². The van der Waals surface area contributed by atoms with Gasteiger partial charge in [0.05, 0.1) is 18.2 Å². The van der Waals surface area contributed by atoms with Gasteiger partial charge in [0.1, 0.15) is 17.6 Å². The van der Waals surface area contributed by atoms with Crippen LogP contribution in [0.5, 0.6) is 5.75 Å². The molecule has 2 aromatic carbocycles. The molecule has 0 aliphatic carbocycles. The van der Waals surface area contributed by atoms with Gasteiger partial charge in [-0.15, -0.1) is 0 Å². The molecule has 0 atom stereocenters. The number of benzene rings is 2. The van der Waals surface area contributed by atoms with E-state index in [1.807, 2.05) is 24.3 Å². The maximum absolute atomic E-state index is 9.21. The fourth-order valence-electron chi connectivity index (χ4n) is 3.48. The third-order valence-corrected chi connectivity index (χ3v) is 4.97. The normalized spacial score (nSPS) is 13.9. The summed E-state index contributed by atoms with van der Waals surface area (Å²) in [6.07, 6.45) is 3.56. The van der Waals surface area contributed by atoms with Crippen molar-refractivity contribution < 1.29 is 4.74 Å². The van der Waals surface area contributed by atoms with Crippen LogP contribution in [0, 0.1) is 11.3 Å². The molecule has 0 unspecified atom stereocenters. The molecule has 2 heterocycles. The third kappa shape index (κ3) is 3.49. The van der Waals surface area contributed by atoms with Gasteiger partial charge in [0.15, 0.2) is 0 Å². The number of fused-ring (bicyclic) bond motifs is 1. The summed E-state index contributed by atoms with van der Waals surface area (Å²) < 4.78 is 5.40. The molecule has 0 saturated carbocycles. The Balaban J connectivity index is 1.77. The fourth-order valence-corrected chi connectivity index (χ4v) is 3.48. The topological polar surface area (TPSA) is 100 Å². The van der Waals surface area contributed by atoms with Gasteiger partial charge >= 0.3 is 0 Å². The molecule has 1 fully saturated rings. The number of nitriles is 1. The fraction of sp³-hybridized carbons (Fsp3) is 0.286. The minimum Gasteiger partial charge on any atom is -0.497 e. The Morgan fingerprint density at radius 2 is 1.93 bits per heavy atom. The molecule has 28 heavy (non-hydrogen) atoms. The van der Waals surface area contributed by atoms with Gasteiger partial charge in [0.2, 0.25) is 5.95 Å². The zero-order valence-corrected chi connectivity index (χ0v) is 15.8. The summed E-state index contributed by atoms with van der Waals surface area (Å²) >= 11 is 0. The zero-order chi connectivity index (χ0) is 19.5. The van der Waals surface area contributed by atoms with Crippen molar-refractivity contribution in [2.75, 3.05) is 36.1 Å². The van der Waals surface area contributed by atoms with Gasteiger partial charge in [-0.3, -0.25) is 0 Å². The van der Waals surface area contributed by atoms with Crippen LogP contribution in [0.4, 0.5) is 23.1 Å². The molecule has 3 aromatic rings. The van der Waals surface area contributed by atoms with Crippen LogP contribution in [0.15, 0.2) is 36.4 Å². The van der Waals surface area contributed by atoms with E-state index in [0.29, 0.717) is 17.2 Å². The lowest BCUT2D eigenvalue weighted by molar-refractivity contribution is 0.415. The summed E-state index contributed by atoms with van der Waals surface area (Å²) in [4.78, 5) is 11.8. The minimum absolute atomic E-state index is 0.423. The largest absolute Gasteiger partial charge is 0.497 e. The third-order valence-electron chi connectivity index (χ3n) is 4.97. The predicted octanol–water partition coefficient (Wildman–Crippen LogP) is 3.83. The summed E-state index contributed by atoms with van der Waals surface area (Å²) in [6.45, 7) is 1.95. The van der Waals surface area contributed by atoms with Crippen LogP contribution in [0.2, 0.25) is 0 Å². The lowest BCUT2D eigenvalue weighted by Gasteiger charge is -2.29. The number of hydrogen-bond acceptors (Lipinski definition) is 7. The maximum atomic E-state index is 9.21. The van der Waals surface area contributed by atoms with Gasteiger partial charge < -0.3 is 20.7 Å². The number of rotatable bonds is 4. The van der Waals surface area contributed by atoms with Crippen molar-refractivity contribution in [2.45, 2.75) is 19.3 Å². The molecule has 0 radical (unpaired) electrons. The van der Waals surface area contributed by atoms with E-state index < -0.39 is 0 Å². The van der Waals surface area contributed by atoms with Gasteiger partial charge in [-0.25, -0.2) is 4.98 Å². The smallest absolute Gasteiger partial charge is 0.229 e. The average molecular weight is 374 g/mol. The molecule has 0 amide bonds. The number of hydrogen-bond donors (Lipinski definition) is 2. The standard InChI is InChI=1S/C21H22N6O/c1-28-16-6-8-19-17(12-16)20(27-9-3-2-4-10-27)26-21(25-19)24-15-5-7-18(23)14(11-15)13-22/h5-8,11-12H,2-4,9-10,23H2,1H3,(H,24,25,26). The van der Waals surface area contributed by atoms with E-state index in [4.69, 9.17) is 15.5 Å². The Morgan fingerprint density at radius 1 is 1.11 bits per heavy atom. The number of nitrogens with one attached hydrogen (secondary N) is 1. The first-order valence-electron chi connectivity index (χ1n) is 9.35. The zero-order valence-electron chi connectivity index (χ0n) is 15.8. The first kappa shape index (κ1) is 17.9. The molecule has 1 aromatic heterocycles. The van der Waals surface area contributed by atoms with Crippen molar-refractivity contribution in [1.82, 2.24) is 9.97 Å². The first-order chi connectivity index (χ1) is 13.7. The summed E-state index contributed by atoms with van der Waals surface area (Å²) in [5.74, 6) is 2.18. The van der Waals surface area contributed by atoms with Crippen LogP contribution in [-0.4, -0.2) is 30.2 Å². The molecule has 0 bridgehead atoms. The van der Waals surface area contributed by atoms with Crippen LogP contribution < -0.4 is 20.7 Å². The molecular weight excluding hydrogens is 352 g/mol. The van der Waals surface area contributed by atoms with Gasteiger partial charge in [0.25, 0.3) is 0 Å². The van der Waals surface area contributed by atoms with Crippen LogP contribution in [-0.2, 0) is 0 Å². The number of aromatic nitrogens is 2. The summed E-state index contributed by atoms with van der Waals surface area (Å²) in [6, 6.07) is 13.2. The van der Waals surface area contributed by atoms with Crippen LogP contribution in [0.3, 0.4) is 0 Å². The van der Waals surface area contributed by atoms with E-state index >= 15 is 0 Å². The van der Waals surface area contributed by atoms with Gasteiger partial charge in [-0.1, -0.05) is 0 Å². The maximum Gasteiger partial charge on any atom is 0.229 e. The van der Waals surface area contributed by atoms with Crippen molar-refractivity contribution in [1.29, 1.82) is 5.26 Å². The Bertz CT molecular complexity index is 1050. The van der Waals surface area contributed by atoms with E-state index in [2.05, 4.69) is 21.3 Å². The lowest BCUT2D eigenvalue weighted by Crippen LogP contribution is -2.30. The Labute approximate surface area is 163 Å². The Hall–Kier alpha value is -3.53. The van der Waals surface area contributed by atoms with E-state index in [1.165, 1.54) is 6.42 Å². The highest BCUT2D eigenvalue weighted by Crippen LogP contribution is 2.31. The first-order valence-corrected chi connectivity index (χ1v) is 9.35. The summed E-state index contributed by atoms with van der Waals surface area (Å²) in [5.41, 5.74) is 8.26. The molecule has 1 saturated heterocycles. The quantitative estimate of drug-likeness (QED) is 0.669. The highest BCUT2D eigenvalue weighted by molar-refractivity contribution is 5.92. The van der Waals surface area contributed by atoms with Crippen LogP contribution in [0.1, 0.15) is 24.8 Å². The lowest BCUT2D eigenvalue weighted by atomic mass is 10.1. The highest BCUT2D eigenvalue weighted by Gasteiger charge is 2.18. The van der Waals surface area contributed by atoms with E-state index in [9.17, 15) is 5.26 Å². The second-order valence-electron chi connectivity index (χ2n) is 6.84. The van der Waals surface area contributed by atoms with Crippen molar-refractivity contribution in [3.8, 4) is 11.8 Å². The van der Waals surface area contributed by atoms with E-state index in [1.54, 1.807) is 19.2 Å². The van der Waals surface area contributed by atoms with Crippen molar-refractivity contribution in [2.24, 2.45) is 0 Å². The number of nitrogen functional groups attached to an aromatic ring is 1. The Kier molecular flexibility index (Phi) is 4.85. The van der Waals surface area contributed by atoms with Crippen LogP contribution in [0.25, 0.3) is 10.9 Å². The molecule has 7 nitrogen and oxygen atoms in total.